The lowest BCUT2D eigenvalue weighted by atomic mass is 9.87. The van der Waals surface area contributed by atoms with Crippen LogP contribution in [-0.4, -0.2) is 16.5 Å². The number of nitrogens with two attached hydrogens (primary N) is 1. The van der Waals surface area contributed by atoms with Gasteiger partial charge in [-0.2, -0.15) is 0 Å². The molecular formula is C15H24N4. The second-order valence-electron chi connectivity index (χ2n) is 6.03. The van der Waals surface area contributed by atoms with Gasteiger partial charge in [-0.25, -0.2) is 9.97 Å². The average molecular weight is 260 g/mol. The molecule has 2 fully saturated rings. The zero-order valence-corrected chi connectivity index (χ0v) is 11.6. The van der Waals surface area contributed by atoms with Gasteiger partial charge in [0.15, 0.2) is 0 Å². The van der Waals surface area contributed by atoms with E-state index in [1.54, 1.807) is 0 Å². The van der Waals surface area contributed by atoms with Gasteiger partial charge in [0.05, 0.1) is 0 Å². The van der Waals surface area contributed by atoms with Crippen LogP contribution in [0.5, 0.6) is 0 Å². The molecule has 2 saturated carbocycles. The maximum absolute atomic E-state index is 5.85. The van der Waals surface area contributed by atoms with Gasteiger partial charge in [-0.1, -0.05) is 32.1 Å². The van der Waals surface area contributed by atoms with E-state index >= 15 is 0 Å². The largest absolute Gasteiger partial charge is 0.384 e. The number of rotatable bonds is 5. The molecule has 0 bridgehead atoms. The van der Waals surface area contributed by atoms with Crippen LogP contribution in [0, 0.1) is 5.92 Å². The van der Waals surface area contributed by atoms with Crippen molar-refractivity contribution in [3.63, 3.8) is 0 Å². The predicted octanol–water partition coefficient (Wildman–Crippen LogP) is 3.32. The number of nitrogens with one attached hydrogen (secondary N) is 1. The van der Waals surface area contributed by atoms with Crippen molar-refractivity contribution >= 4 is 11.6 Å². The van der Waals surface area contributed by atoms with Crippen LogP contribution in [0.25, 0.3) is 0 Å². The minimum atomic E-state index is 0.558. The smallest absolute Gasteiger partial charge is 0.136 e. The first-order chi connectivity index (χ1) is 9.31. The minimum absolute atomic E-state index is 0.558. The number of nitrogens with zero attached hydrogens (tertiary/aromatic N) is 2. The number of hydrogen-bond donors (Lipinski definition) is 2. The lowest BCUT2D eigenvalue weighted by Crippen LogP contribution is -2.13. The molecule has 1 aromatic heterocycles. The van der Waals surface area contributed by atoms with E-state index in [-0.39, 0.29) is 0 Å². The Morgan fingerprint density at radius 2 is 1.89 bits per heavy atom. The fourth-order valence-corrected chi connectivity index (χ4v) is 2.98. The summed E-state index contributed by atoms with van der Waals surface area (Å²) in [5, 5.41) is 3.42. The molecule has 1 heterocycles. The van der Waals surface area contributed by atoms with Crippen molar-refractivity contribution in [2.45, 2.75) is 57.3 Å². The Hall–Kier alpha value is -1.32. The van der Waals surface area contributed by atoms with Crippen LogP contribution in [0.4, 0.5) is 11.6 Å². The zero-order chi connectivity index (χ0) is 13.1. The van der Waals surface area contributed by atoms with Crippen LogP contribution in [0.3, 0.4) is 0 Å². The summed E-state index contributed by atoms with van der Waals surface area (Å²) in [5.41, 5.74) is 5.85. The molecule has 4 nitrogen and oxygen atoms in total. The van der Waals surface area contributed by atoms with Crippen molar-refractivity contribution in [2.75, 3.05) is 17.6 Å². The molecular weight excluding hydrogens is 236 g/mol. The van der Waals surface area contributed by atoms with Gasteiger partial charge >= 0.3 is 0 Å². The molecule has 0 aliphatic heterocycles. The summed E-state index contributed by atoms with van der Waals surface area (Å²) in [7, 11) is 0. The van der Waals surface area contributed by atoms with E-state index in [0.717, 1.165) is 24.1 Å². The van der Waals surface area contributed by atoms with Crippen molar-refractivity contribution in [1.82, 2.24) is 9.97 Å². The molecule has 0 atom stereocenters. The third kappa shape index (κ3) is 3.58. The minimum Gasteiger partial charge on any atom is -0.384 e. The molecule has 2 aliphatic carbocycles. The molecule has 0 saturated heterocycles. The van der Waals surface area contributed by atoms with Crippen molar-refractivity contribution < 1.29 is 0 Å². The average Bonchev–Trinajstić information content (AvgIpc) is 3.24. The van der Waals surface area contributed by atoms with E-state index in [4.69, 9.17) is 5.73 Å². The lowest BCUT2D eigenvalue weighted by Gasteiger charge is -2.21. The summed E-state index contributed by atoms with van der Waals surface area (Å²) >= 11 is 0. The Bertz CT molecular complexity index is 422. The highest BCUT2D eigenvalue weighted by Gasteiger charge is 2.27. The first-order valence-corrected chi connectivity index (χ1v) is 7.69. The number of hydrogen-bond acceptors (Lipinski definition) is 4. The van der Waals surface area contributed by atoms with Gasteiger partial charge in [-0.15, -0.1) is 0 Å². The SMILES string of the molecule is Nc1cc(NCCC2CCCCC2)nc(C2CC2)n1. The van der Waals surface area contributed by atoms with Crippen LogP contribution in [0.2, 0.25) is 0 Å². The number of anilines is 2. The Kier molecular flexibility index (Phi) is 3.85. The molecule has 3 N–H and O–H groups in total. The maximum Gasteiger partial charge on any atom is 0.136 e. The summed E-state index contributed by atoms with van der Waals surface area (Å²) in [5.74, 6) is 3.90. The fourth-order valence-electron chi connectivity index (χ4n) is 2.98. The van der Waals surface area contributed by atoms with Crippen LogP contribution in [-0.2, 0) is 0 Å². The highest BCUT2D eigenvalue weighted by atomic mass is 15.1. The maximum atomic E-state index is 5.85. The number of nitrogen functional groups attached to an aromatic ring is 1. The Balaban J connectivity index is 1.51. The molecule has 104 valence electrons. The topological polar surface area (TPSA) is 63.8 Å². The van der Waals surface area contributed by atoms with E-state index in [1.807, 2.05) is 6.07 Å². The van der Waals surface area contributed by atoms with Crippen molar-refractivity contribution in [3.05, 3.63) is 11.9 Å². The lowest BCUT2D eigenvalue weighted by molar-refractivity contribution is 0.345. The summed E-state index contributed by atoms with van der Waals surface area (Å²) in [6, 6.07) is 1.85. The molecule has 19 heavy (non-hydrogen) atoms. The van der Waals surface area contributed by atoms with Gasteiger partial charge < -0.3 is 11.1 Å². The highest BCUT2D eigenvalue weighted by molar-refractivity contribution is 5.45. The molecule has 0 spiro atoms. The summed E-state index contributed by atoms with van der Waals surface area (Å²) in [6.07, 6.45) is 10.7. The fraction of sp³-hybridized carbons (Fsp3) is 0.733. The Morgan fingerprint density at radius 1 is 1.11 bits per heavy atom. The molecule has 0 unspecified atom stereocenters. The standard InChI is InChI=1S/C15H24N4/c16-13-10-14(19-15(18-13)12-6-7-12)17-9-8-11-4-2-1-3-5-11/h10-12H,1-9H2,(H3,16,17,18,19). The van der Waals surface area contributed by atoms with E-state index in [0.29, 0.717) is 11.7 Å². The van der Waals surface area contributed by atoms with Gasteiger partial charge in [0, 0.05) is 18.5 Å². The summed E-state index contributed by atoms with van der Waals surface area (Å²) in [4.78, 5) is 8.90. The Labute approximate surface area is 115 Å². The van der Waals surface area contributed by atoms with E-state index in [1.165, 1.54) is 51.4 Å². The quantitative estimate of drug-likeness (QED) is 0.852. The van der Waals surface area contributed by atoms with Crippen molar-refractivity contribution in [1.29, 1.82) is 0 Å². The predicted molar refractivity (Wildman–Crippen MR) is 78.1 cm³/mol. The van der Waals surface area contributed by atoms with E-state index < -0.39 is 0 Å². The van der Waals surface area contributed by atoms with Crippen molar-refractivity contribution in [3.8, 4) is 0 Å². The van der Waals surface area contributed by atoms with Crippen LogP contribution in [0.15, 0.2) is 6.07 Å². The molecule has 0 amide bonds. The van der Waals surface area contributed by atoms with Crippen molar-refractivity contribution in [2.24, 2.45) is 5.92 Å². The van der Waals surface area contributed by atoms with Crippen LogP contribution < -0.4 is 11.1 Å². The molecule has 2 aliphatic rings. The third-order valence-electron chi connectivity index (χ3n) is 4.29. The second-order valence-corrected chi connectivity index (χ2v) is 6.03. The van der Waals surface area contributed by atoms with Gasteiger partial charge in [-0.3, -0.25) is 0 Å². The summed E-state index contributed by atoms with van der Waals surface area (Å²) < 4.78 is 0. The molecule has 1 aromatic rings. The summed E-state index contributed by atoms with van der Waals surface area (Å²) in [6.45, 7) is 1.01. The normalized spacial score (nSPS) is 20.4. The Morgan fingerprint density at radius 3 is 2.63 bits per heavy atom. The zero-order valence-electron chi connectivity index (χ0n) is 11.6. The molecule has 0 radical (unpaired) electrons. The molecule has 3 rings (SSSR count). The monoisotopic (exact) mass is 260 g/mol. The van der Waals surface area contributed by atoms with Gasteiger partial charge in [-0.05, 0) is 25.2 Å². The second kappa shape index (κ2) is 5.76. The van der Waals surface area contributed by atoms with E-state index in [9.17, 15) is 0 Å². The van der Waals surface area contributed by atoms with Crippen LogP contribution >= 0.6 is 0 Å². The van der Waals surface area contributed by atoms with Crippen LogP contribution in [0.1, 0.15) is 63.1 Å². The molecule has 0 aromatic carbocycles. The first kappa shape index (κ1) is 12.7. The van der Waals surface area contributed by atoms with Gasteiger partial charge in [0.25, 0.3) is 0 Å². The molecule has 4 heteroatoms. The van der Waals surface area contributed by atoms with Gasteiger partial charge in [0.2, 0.25) is 0 Å². The van der Waals surface area contributed by atoms with Gasteiger partial charge in [0.1, 0.15) is 17.5 Å². The number of aromatic nitrogens is 2. The highest BCUT2D eigenvalue weighted by Crippen LogP contribution is 2.38. The third-order valence-corrected chi connectivity index (χ3v) is 4.29. The first-order valence-electron chi connectivity index (χ1n) is 7.69. The van der Waals surface area contributed by atoms with E-state index in [2.05, 4.69) is 15.3 Å².